The van der Waals surface area contributed by atoms with Crippen LogP contribution in [0.4, 0.5) is 0 Å². The predicted octanol–water partition coefficient (Wildman–Crippen LogP) is 3.09. The Bertz CT molecular complexity index is 651. The van der Waals surface area contributed by atoms with Gasteiger partial charge in [-0.25, -0.2) is 0 Å². The fraction of sp³-hybridized carbons (Fsp3) is 0.333. The summed E-state index contributed by atoms with van der Waals surface area (Å²) >= 11 is 0. The molecule has 0 heterocycles. The molecule has 0 aliphatic rings. The van der Waals surface area contributed by atoms with E-state index in [-0.39, 0.29) is 35.3 Å². The van der Waals surface area contributed by atoms with Crippen LogP contribution in [0.5, 0.6) is 0 Å². The molecule has 2 rings (SSSR count). The van der Waals surface area contributed by atoms with E-state index in [1.165, 1.54) is 21.9 Å². The standard InChI is InChI=1S/C12H12.C3H8O3S.Na.H/c1-9-7-10(2)12-6-4-3-5-11(12)8-9;1-2-3-7(4,5)6;;/h3-8H,1-2H3;2-3H2,1H3,(H,4,5,6);;. The Labute approximate surface area is 143 Å². The summed E-state index contributed by atoms with van der Waals surface area (Å²) in [5.41, 5.74) is 2.71. The molecule has 0 aliphatic heterocycles. The minimum atomic E-state index is -3.67. The SMILES string of the molecule is CCCS(=O)(=O)O.Cc1cc(C)c2ccccc2c1.[NaH]. The zero-order valence-electron chi connectivity index (χ0n) is 11.6. The average Bonchev–Trinajstić information content (AvgIpc) is 2.28. The van der Waals surface area contributed by atoms with E-state index in [1.54, 1.807) is 6.92 Å². The molecule has 0 amide bonds. The first-order valence-corrected chi connectivity index (χ1v) is 7.85. The molecule has 106 valence electrons. The van der Waals surface area contributed by atoms with Crippen LogP contribution >= 0.6 is 0 Å². The van der Waals surface area contributed by atoms with Gasteiger partial charge in [0, 0.05) is 0 Å². The Hall–Kier alpha value is -0.390. The molecule has 2 aromatic carbocycles. The normalized spacial score (nSPS) is 10.4. The van der Waals surface area contributed by atoms with Crippen LogP contribution in [-0.4, -0.2) is 48.3 Å². The van der Waals surface area contributed by atoms with Gasteiger partial charge in [-0.2, -0.15) is 8.42 Å². The quantitative estimate of drug-likeness (QED) is 0.685. The van der Waals surface area contributed by atoms with Gasteiger partial charge in [0.05, 0.1) is 5.75 Å². The van der Waals surface area contributed by atoms with Gasteiger partial charge in [0.15, 0.2) is 0 Å². The Kier molecular flexibility index (Phi) is 8.63. The second-order valence-corrected chi connectivity index (χ2v) is 6.16. The molecule has 0 spiro atoms. The number of hydrogen-bond donors (Lipinski definition) is 1. The van der Waals surface area contributed by atoms with Crippen molar-refractivity contribution in [1.82, 2.24) is 0 Å². The second-order valence-electron chi connectivity index (χ2n) is 4.59. The topological polar surface area (TPSA) is 54.4 Å². The molecule has 0 atom stereocenters. The molecule has 0 aliphatic carbocycles. The van der Waals surface area contributed by atoms with E-state index < -0.39 is 10.1 Å². The van der Waals surface area contributed by atoms with Gasteiger partial charge in [0.25, 0.3) is 10.1 Å². The average molecular weight is 304 g/mol. The summed E-state index contributed by atoms with van der Waals surface area (Å²) in [6, 6.07) is 13.0. The van der Waals surface area contributed by atoms with Crippen molar-refractivity contribution in [2.24, 2.45) is 0 Å². The van der Waals surface area contributed by atoms with Gasteiger partial charge in [-0.15, -0.1) is 0 Å². The van der Waals surface area contributed by atoms with Crippen LogP contribution in [0.2, 0.25) is 0 Å². The van der Waals surface area contributed by atoms with Gasteiger partial charge in [-0.3, -0.25) is 4.55 Å². The maximum atomic E-state index is 9.79. The van der Waals surface area contributed by atoms with Crippen molar-refractivity contribution in [3.8, 4) is 0 Å². The van der Waals surface area contributed by atoms with E-state index in [2.05, 4.69) is 50.2 Å². The number of aryl methyl sites for hydroxylation is 2. The summed E-state index contributed by atoms with van der Waals surface area (Å²) in [7, 11) is -3.67. The fourth-order valence-electron chi connectivity index (χ4n) is 1.95. The first kappa shape index (κ1) is 19.6. The Balaban J connectivity index is 0.000000396. The van der Waals surface area contributed by atoms with Crippen molar-refractivity contribution in [3.63, 3.8) is 0 Å². The van der Waals surface area contributed by atoms with Gasteiger partial charge in [-0.1, -0.05) is 48.9 Å². The van der Waals surface area contributed by atoms with E-state index in [0.29, 0.717) is 6.42 Å². The van der Waals surface area contributed by atoms with Crippen LogP contribution in [0.25, 0.3) is 10.8 Å². The van der Waals surface area contributed by atoms with Crippen LogP contribution < -0.4 is 0 Å². The van der Waals surface area contributed by atoms with Crippen LogP contribution in [0, 0.1) is 13.8 Å². The fourth-order valence-corrected chi connectivity index (χ4v) is 2.46. The molecule has 0 saturated carbocycles. The minimum absolute atomic E-state index is 0. The zero-order chi connectivity index (χ0) is 14.5. The van der Waals surface area contributed by atoms with Crippen molar-refractivity contribution in [2.45, 2.75) is 27.2 Å². The van der Waals surface area contributed by atoms with E-state index in [0.717, 1.165) is 0 Å². The summed E-state index contributed by atoms with van der Waals surface area (Å²) in [4.78, 5) is 0. The Morgan fingerprint density at radius 3 is 2.20 bits per heavy atom. The van der Waals surface area contributed by atoms with Crippen molar-refractivity contribution in [1.29, 1.82) is 0 Å². The molecule has 3 nitrogen and oxygen atoms in total. The Morgan fingerprint density at radius 2 is 1.70 bits per heavy atom. The third kappa shape index (κ3) is 6.86. The van der Waals surface area contributed by atoms with Crippen LogP contribution in [0.1, 0.15) is 24.5 Å². The van der Waals surface area contributed by atoms with E-state index in [9.17, 15) is 8.42 Å². The number of rotatable bonds is 2. The number of hydrogen-bond acceptors (Lipinski definition) is 2. The van der Waals surface area contributed by atoms with Gasteiger partial charge >= 0.3 is 29.6 Å². The predicted molar refractivity (Wildman–Crippen MR) is 87.3 cm³/mol. The van der Waals surface area contributed by atoms with Crippen LogP contribution in [0.15, 0.2) is 36.4 Å². The summed E-state index contributed by atoms with van der Waals surface area (Å²) in [6.45, 7) is 5.99. The van der Waals surface area contributed by atoms with Crippen LogP contribution in [-0.2, 0) is 10.1 Å². The van der Waals surface area contributed by atoms with Crippen molar-refractivity contribution >= 4 is 50.4 Å². The van der Waals surface area contributed by atoms with Crippen LogP contribution in [0.3, 0.4) is 0 Å². The van der Waals surface area contributed by atoms with E-state index >= 15 is 0 Å². The molecule has 20 heavy (non-hydrogen) atoms. The third-order valence-corrected chi connectivity index (χ3v) is 3.60. The molecule has 5 heteroatoms. The molecule has 0 radical (unpaired) electrons. The third-order valence-electron chi connectivity index (χ3n) is 2.68. The van der Waals surface area contributed by atoms with Gasteiger partial charge in [-0.05, 0) is 36.6 Å². The molecule has 1 N–H and O–H groups in total. The molecular formula is C15H21NaO3S. The molecule has 0 bridgehead atoms. The van der Waals surface area contributed by atoms with Gasteiger partial charge in [0.1, 0.15) is 0 Å². The summed E-state index contributed by atoms with van der Waals surface area (Å²) < 4.78 is 27.6. The first-order valence-electron chi connectivity index (χ1n) is 6.24. The summed E-state index contributed by atoms with van der Waals surface area (Å²) in [5.74, 6) is -0.132. The zero-order valence-corrected chi connectivity index (χ0v) is 12.4. The van der Waals surface area contributed by atoms with E-state index in [4.69, 9.17) is 4.55 Å². The molecular weight excluding hydrogens is 283 g/mol. The summed E-state index contributed by atoms with van der Waals surface area (Å²) in [6.07, 6.45) is 0.471. The van der Waals surface area contributed by atoms with Crippen molar-refractivity contribution in [3.05, 3.63) is 47.5 Å². The number of benzene rings is 2. The van der Waals surface area contributed by atoms with Crippen molar-refractivity contribution in [2.75, 3.05) is 5.75 Å². The molecule has 0 unspecified atom stereocenters. The molecule has 0 fully saturated rings. The Morgan fingerprint density at radius 1 is 1.10 bits per heavy atom. The summed E-state index contributed by atoms with van der Waals surface area (Å²) in [5, 5.41) is 2.71. The monoisotopic (exact) mass is 304 g/mol. The van der Waals surface area contributed by atoms with Gasteiger partial charge < -0.3 is 0 Å². The van der Waals surface area contributed by atoms with E-state index in [1.807, 2.05) is 0 Å². The molecule has 2 aromatic rings. The number of fused-ring (bicyclic) bond motifs is 1. The maximum absolute atomic E-state index is 9.79. The molecule has 0 saturated heterocycles. The first-order chi connectivity index (χ1) is 8.83. The van der Waals surface area contributed by atoms with Gasteiger partial charge in [0.2, 0.25) is 0 Å². The second kappa shape index (κ2) is 8.80. The molecule has 0 aromatic heterocycles. The van der Waals surface area contributed by atoms with Crippen molar-refractivity contribution < 1.29 is 13.0 Å².